The summed E-state index contributed by atoms with van der Waals surface area (Å²) >= 11 is 0. The third-order valence-electron chi connectivity index (χ3n) is 10.0. The van der Waals surface area contributed by atoms with Crippen LogP contribution in [0.25, 0.3) is 56.5 Å². The van der Waals surface area contributed by atoms with Crippen LogP contribution in [-0.4, -0.2) is 24.5 Å². The Morgan fingerprint density at radius 2 is 1.13 bits per heavy atom. The molecule has 9 rings (SSSR count). The molecular formula is C48H35N5. The molecule has 0 saturated carbocycles. The maximum Gasteiger partial charge on any atom is 0.164 e. The second-order valence-corrected chi connectivity index (χ2v) is 13.1. The predicted octanol–water partition coefficient (Wildman–Crippen LogP) is 11.1. The summed E-state index contributed by atoms with van der Waals surface area (Å²) < 4.78 is 2.33. The van der Waals surface area contributed by atoms with Crippen molar-refractivity contribution < 1.29 is 0 Å². The SMILES string of the molecule is C=C/C(=C\C=C/C)c1ccc(-c2nc(-c3ccccc3)nc(-c3ccc4c(c3)nc3n4-c4ccccc4C3(c3ccccc3)c3ccccc3)n2)cc1. The van der Waals surface area contributed by atoms with Crippen molar-refractivity contribution in [3.8, 4) is 39.9 Å². The number of para-hydroxylation sites is 1. The van der Waals surface area contributed by atoms with Crippen molar-refractivity contribution in [1.82, 2.24) is 24.5 Å². The lowest BCUT2D eigenvalue weighted by molar-refractivity contribution is 0.718. The Hall–Kier alpha value is -6.98. The van der Waals surface area contributed by atoms with Gasteiger partial charge in [-0.15, -0.1) is 0 Å². The van der Waals surface area contributed by atoms with Gasteiger partial charge in [0.2, 0.25) is 0 Å². The molecule has 0 radical (unpaired) electrons. The molecule has 0 N–H and O–H groups in total. The van der Waals surface area contributed by atoms with Crippen molar-refractivity contribution in [2.45, 2.75) is 12.3 Å². The van der Waals surface area contributed by atoms with E-state index < -0.39 is 5.41 Å². The first kappa shape index (κ1) is 32.0. The van der Waals surface area contributed by atoms with Crippen LogP contribution < -0.4 is 0 Å². The first-order valence-corrected chi connectivity index (χ1v) is 17.8. The van der Waals surface area contributed by atoms with Gasteiger partial charge in [0.05, 0.1) is 16.7 Å². The van der Waals surface area contributed by atoms with E-state index in [1.807, 2.05) is 55.5 Å². The molecule has 2 aromatic heterocycles. The van der Waals surface area contributed by atoms with Crippen molar-refractivity contribution in [3.63, 3.8) is 0 Å². The van der Waals surface area contributed by atoms with Gasteiger partial charge in [0.15, 0.2) is 17.5 Å². The van der Waals surface area contributed by atoms with Gasteiger partial charge in [-0.1, -0.05) is 164 Å². The molecule has 0 spiro atoms. The predicted molar refractivity (Wildman–Crippen MR) is 216 cm³/mol. The van der Waals surface area contributed by atoms with E-state index in [-0.39, 0.29) is 0 Å². The Morgan fingerprint density at radius 1 is 0.585 bits per heavy atom. The summed E-state index contributed by atoms with van der Waals surface area (Å²) in [5.74, 6) is 2.77. The van der Waals surface area contributed by atoms with E-state index >= 15 is 0 Å². The molecule has 1 aliphatic heterocycles. The molecule has 0 saturated heterocycles. The van der Waals surface area contributed by atoms with Crippen LogP contribution >= 0.6 is 0 Å². The van der Waals surface area contributed by atoms with Gasteiger partial charge in [-0.05, 0) is 59.0 Å². The first-order valence-electron chi connectivity index (χ1n) is 17.8. The summed E-state index contributed by atoms with van der Waals surface area (Å²) in [5.41, 5.74) is 10.8. The molecule has 0 amide bonds. The van der Waals surface area contributed by atoms with Gasteiger partial charge in [0.25, 0.3) is 0 Å². The Bertz CT molecular complexity index is 2630. The highest BCUT2D eigenvalue weighted by molar-refractivity contribution is 5.87. The fraction of sp³-hybridized carbons (Fsp3) is 0.0417. The van der Waals surface area contributed by atoms with E-state index in [1.54, 1.807) is 0 Å². The van der Waals surface area contributed by atoms with Crippen LogP contribution in [0.15, 0.2) is 189 Å². The number of rotatable bonds is 8. The van der Waals surface area contributed by atoms with Gasteiger partial charge >= 0.3 is 0 Å². The molecule has 1 aliphatic rings. The summed E-state index contributed by atoms with van der Waals surface area (Å²) in [6.07, 6.45) is 7.95. The van der Waals surface area contributed by atoms with Crippen molar-refractivity contribution in [3.05, 3.63) is 217 Å². The number of allylic oxidation sites excluding steroid dienone is 5. The molecular weight excluding hydrogens is 647 g/mol. The zero-order valence-corrected chi connectivity index (χ0v) is 29.3. The Labute approximate surface area is 309 Å². The summed E-state index contributed by atoms with van der Waals surface area (Å²) in [7, 11) is 0. The summed E-state index contributed by atoms with van der Waals surface area (Å²) in [4.78, 5) is 20.6. The number of benzene rings is 6. The fourth-order valence-corrected chi connectivity index (χ4v) is 7.58. The Kier molecular flexibility index (Phi) is 8.01. The molecule has 53 heavy (non-hydrogen) atoms. The van der Waals surface area contributed by atoms with Crippen LogP contribution in [0.3, 0.4) is 0 Å². The lowest BCUT2D eigenvalue weighted by Crippen LogP contribution is -2.29. The first-order chi connectivity index (χ1) is 26.2. The van der Waals surface area contributed by atoms with Crippen molar-refractivity contribution in [1.29, 1.82) is 0 Å². The van der Waals surface area contributed by atoms with E-state index in [4.69, 9.17) is 19.9 Å². The third kappa shape index (κ3) is 5.33. The second-order valence-electron chi connectivity index (χ2n) is 13.1. The molecule has 6 aromatic carbocycles. The number of hydrogen-bond acceptors (Lipinski definition) is 4. The maximum atomic E-state index is 5.49. The van der Waals surface area contributed by atoms with Gasteiger partial charge in [0, 0.05) is 16.7 Å². The van der Waals surface area contributed by atoms with Crippen molar-refractivity contribution in [2.24, 2.45) is 0 Å². The molecule has 0 bridgehead atoms. The van der Waals surface area contributed by atoms with Crippen LogP contribution in [0, 0.1) is 0 Å². The zero-order chi connectivity index (χ0) is 35.8. The average Bonchev–Trinajstić information content (AvgIpc) is 3.75. The fourth-order valence-electron chi connectivity index (χ4n) is 7.58. The normalized spacial score (nSPS) is 13.3. The highest BCUT2D eigenvalue weighted by Gasteiger charge is 2.48. The smallest absolute Gasteiger partial charge is 0.164 e. The molecule has 0 atom stereocenters. The van der Waals surface area contributed by atoms with Gasteiger partial charge in [-0.3, -0.25) is 4.57 Å². The van der Waals surface area contributed by atoms with Crippen LogP contribution in [0.5, 0.6) is 0 Å². The van der Waals surface area contributed by atoms with Crippen molar-refractivity contribution >= 4 is 16.6 Å². The molecule has 5 heteroatoms. The summed E-state index contributed by atoms with van der Waals surface area (Å²) in [5, 5.41) is 0. The monoisotopic (exact) mass is 681 g/mol. The van der Waals surface area contributed by atoms with Gasteiger partial charge in [0.1, 0.15) is 11.2 Å². The van der Waals surface area contributed by atoms with E-state index in [1.165, 1.54) is 16.7 Å². The van der Waals surface area contributed by atoms with E-state index in [9.17, 15) is 0 Å². The Morgan fingerprint density at radius 3 is 1.75 bits per heavy atom. The Balaban J connectivity index is 1.22. The van der Waals surface area contributed by atoms with Gasteiger partial charge in [-0.2, -0.15) is 0 Å². The maximum absolute atomic E-state index is 5.49. The number of imidazole rings is 1. The lowest BCUT2D eigenvalue weighted by atomic mass is 9.70. The molecule has 0 unspecified atom stereocenters. The van der Waals surface area contributed by atoms with Crippen LogP contribution in [0.1, 0.15) is 35.0 Å². The van der Waals surface area contributed by atoms with E-state index in [2.05, 4.69) is 145 Å². The van der Waals surface area contributed by atoms with Crippen molar-refractivity contribution in [2.75, 3.05) is 0 Å². The summed E-state index contributed by atoms with van der Waals surface area (Å²) in [6.45, 7) is 6.01. The topological polar surface area (TPSA) is 56.5 Å². The van der Waals surface area contributed by atoms with Crippen LogP contribution in [0.4, 0.5) is 0 Å². The second kappa shape index (κ2) is 13.3. The molecule has 0 fully saturated rings. The van der Waals surface area contributed by atoms with E-state index in [0.717, 1.165) is 50.4 Å². The summed E-state index contributed by atoms with van der Waals surface area (Å²) in [6, 6.07) is 54.8. The molecule has 5 nitrogen and oxygen atoms in total. The highest BCUT2D eigenvalue weighted by Crippen LogP contribution is 2.52. The number of fused-ring (bicyclic) bond motifs is 5. The number of aromatic nitrogens is 5. The van der Waals surface area contributed by atoms with Gasteiger partial charge < -0.3 is 0 Å². The molecule has 252 valence electrons. The molecule has 0 aliphatic carbocycles. The molecule has 8 aromatic rings. The third-order valence-corrected chi connectivity index (χ3v) is 10.0. The minimum absolute atomic E-state index is 0.588. The zero-order valence-electron chi connectivity index (χ0n) is 29.3. The molecule has 3 heterocycles. The minimum atomic E-state index is -0.598. The standard InChI is InChI=1S/C48H35N5/c1-3-5-17-33(4-2)34-26-28-36(29-27-34)45-50-44(35-18-9-6-10-19-35)51-46(52-45)37-30-31-43-41(32-37)49-47-48(38-20-11-7-12-21-38,39-22-13-8-14-23-39)40-24-15-16-25-42(40)53(43)47/h3-32H,2H2,1H3/b5-3-,33-17+. The number of nitrogens with zero attached hydrogens (tertiary/aromatic N) is 5. The van der Waals surface area contributed by atoms with E-state index in [0.29, 0.717) is 17.5 Å². The average molecular weight is 682 g/mol. The highest BCUT2D eigenvalue weighted by atomic mass is 15.1. The van der Waals surface area contributed by atoms with Gasteiger partial charge in [-0.25, -0.2) is 19.9 Å². The largest absolute Gasteiger partial charge is 0.295 e. The quantitative estimate of drug-likeness (QED) is 0.150. The van der Waals surface area contributed by atoms with Crippen LogP contribution in [-0.2, 0) is 5.41 Å². The minimum Gasteiger partial charge on any atom is -0.295 e. The lowest BCUT2D eigenvalue weighted by Gasteiger charge is -2.30. The van der Waals surface area contributed by atoms with Crippen LogP contribution in [0.2, 0.25) is 0 Å². The number of hydrogen-bond donors (Lipinski definition) is 0.